The first kappa shape index (κ1) is 17.8. The van der Waals surface area contributed by atoms with Crippen LogP contribution in [0.3, 0.4) is 0 Å². The quantitative estimate of drug-likeness (QED) is 0.850. The molecule has 7 heteroatoms. The van der Waals surface area contributed by atoms with E-state index in [0.717, 1.165) is 30.4 Å². The summed E-state index contributed by atoms with van der Waals surface area (Å²) in [5.74, 6) is 0.361. The van der Waals surface area contributed by atoms with Gasteiger partial charge in [0.25, 0.3) is 5.91 Å². The molecule has 0 radical (unpaired) electrons. The van der Waals surface area contributed by atoms with E-state index in [1.807, 2.05) is 40.1 Å². The van der Waals surface area contributed by atoms with E-state index >= 15 is 0 Å². The number of benzene rings is 1. The lowest BCUT2D eigenvalue weighted by atomic mass is 10.1. The average Bonchev–Trinajstić information content (AvgIpc) is 3.30. The molecular formula is C18H23ClN4O2. The van der Waals surface area contributed by atoms with Crippen molar-refractivity contribution < 1.29 is 9.59 Å². The van der Waals surface area contributed by atoms with Crippen LogP contribution in [0.5, 0.6) is 0 Å². The zero-order valence-electron chi connectivity index (χ0n) is 14.0. The second-order valence-electron chi connectivity index (χ2n) is 6.58. The fraction of sp³-hybridized carbons (Fsp3) is 0.444. The highest BCUT2D eigenvalue weighted by Crippen LogP contribution is 2.18. The SMILES string of the molecule is Cl.O=C(c1cc2ccccc2[nH]1)N1CCN(C(=O)C2CCNC2)CC1. The summed E-state index contributed by atoms with van der Waals surface area (Å²) < 4.78 is 0. The van der Waals surface area contributed by atoms with Gasteiger partial charge in [-0.15, -0.1) is 12.4 Å². The van der Waals surface area contributed by atoms with Crippen molar-refractivity contribution in [2.75, 3.05) is 39.3 Å². The van der Waals surface area contributed by atoms with Crippen LogP contribution in [-0.2, 0) is 4.79 Å². The number of para-hydroxylation sites is 1. The Morgan fingerprint density at radius 2 is 1.76 bits per heavy atom. The van der Waals surface area contributed by atoms with E-state index in [0.29, 0.717) is 31.9 Å². The fourth-order valence-electron chi connectivity index (χ4n) is 3.61. The van der Waals surface area contributed by atoms with Crippen molar-refractivity contribution in [1.82, 2.24) is 20.1 Å². The Bertz CT molecular complexity index is 728. The van der Waals surface area contributed by atoms with E-state index in [2.05, 4.69) is 10.3 Å². The smallest absolute Gasteiger partial charge is 0.270 e. The van der Waals surface area contributed by atoms with Crippen LogP contribution in [0.15, 0.2) is 30.3 Å². The highest BCUT2D eigenvalue weighted by atomic mass is 35.5. The Balaban J connectivity index is 0.00000182. The molecule has 3 heterocycles. The predicted molar refractivity (Wildman–Crippen MR) is 99.0 cm³/mol. The van der Waals surface area contributed by atoms with Crippen molar-refractivity contribution >= 4 is 35.1 Å². The van der Waals surface area contributed by atoms with Gasteiger partial charge in [-0.2, -0.15) is 0 Å². The third-order valence-electron chi connectivity index (χ3n) is 5.05. The number of aromatic nitrogens is 1. The minimum Gasteiger partial charge on any atom is -0.351 e. The molecule has 0 aliphatic carbocycles. The molecule has 1 aromatic carbocycles. The van der Waals surface area contributed by atoms with Crippen molar-refractivity contribution in [1.29, 1.82) is 0 Å². The maximum atomic E-state index is 12.7. The van der Waals surface area contributed by atoms with Crippen LogP contribution in [0.2, 0.25) is 0 Å². The number of aromatic amines is 1. The van der Waals surface area contributed by atoms with E-state index in [9.17, 15) is 9.59 Å². The second-order valence-corrected chi connectivity index (χ2v) is 6.58. The van der Waals surface area contributed by atoms with Gasteiger partial charge in [0, 0.05) is 43.6 Å². The highest BCUT2D eigenvalue weighted by Gasteiger charge is 2.30. The lowest BCUT2D eigenvalue weighted by Gasteiger charge is -2.35. The molecule has 2 N–H and O–H groups in total. The minimum atomic E-state index is 0. The number of carbonyl (C=O) groups excluding carboxylic acids is 2. The number of carbonyl (C=O) groups is 2. The fourth-order valence-corrected chi connectivity index (χ4v) is 3.61. The minimum absolute atomic E-state index is 0. The first-order chi connectivity index (χ1) is 11.7. The number of fused-ring (bicyclic) bond motifs is 1. The summed E-state index contributed by atoms with van der Waals surface area (Å²) in [5.41, 5.74) is 1.60. The van der Waals surface area contributed by atoms with Gasteiger partial charge in [-0.05, 0) is 25.1 Å². The number of amides is 2. The van der Waals surface area contributed by atoms with Crippen LogP contribution < -0.4 is 5.32 Å². The molecule has 1 unspecified atom stereocenters. The monoisotopic (exact) mass is 362 g/mol. The number of rotatable bonds is 2. The summed E-state index contributed by atoms with van der Waals surface area (Å²) in [5, 5.41) is 4.28. The molecule has 2 fully saturated rings. The normalized spacial score (nSPS) is 20.6. The molecule has 2 amide bonds. The van der Waals surface area contributed by atoms with Crippen LogP contribution in [0.1, 0.15) is 16.9 Å². The molecule has 0 spiro atoms. The van der Waals surface area contributed by atoms with Crippen molar-refractivity contribution in [2.24, 2.45) is 5.92 Å². The van der Waals surface area contributed by atoms with Gasteiger partial charge < -0.3 is 20.1 Å². The Kier molecular flexibility index (Phi) is 5.30. The summed E-state index contributed by atoms with van der Waals surface area (Å²) in [7, 11) is 0. The predicted octanol–water partition coefficient (Wildman–Crippen LogP) is 1.48. The lowest BCUT2D eigenvalue weighted by molar-refractivity contribution is -0.136. The molecule has 0 saturated carbocycles. The molecule has 2 aliphatic heterocycles. The molecule has 134 valence electrons. The van der Waals surface area contributed by atoms with Gasteiger partial charge in [-0.25, -0.2) is 0 Å². The van der Waals surface area contributed by atoms with Gasteiger partial charge in [0.2, 0.25) is 5.91 Å². The number of hydrogen-bond acceptors (Lipinski definition) is 3. The van der Waals surface area contributed by atoms with E-state index in [1.54, 1.807) is 0 Å². The van der Waals surface area contributed by atoms with Gasteiger partial charge in [0.15, 0.2) is 0 Å². The van der Waals surface area contributed by atoms with Crippen molar-refractivity contribution in [3.8, 4) is 0 Å². The number of nitrogens with zero attached hydrogens (tertiary/aromatic N) is 2. The molecule has 2 aromatic rings. The Labute approximate surface area is 153 Å². The molecule has 1 atom stereocenters. The number of piperazine rings is 1. The van der Waals surface area contributed by atoms with E-state index in [4.69, 9.17) is 0 Å². The molecule has 2 aliphatic rings. The average molecular weight is 363 g/mol. The summed E-state index contributed by atoms with van der Waals surface area (Å²) in [6.45, 7) is 4.16. The van der Waals surface area contributed by atoms with Gasteiger partial charge in [-0.3, -0.25) is 9.59 Å². The zero-order chi connectivity index (χ0) is 16.5. The van der Waals surface area contributed by atoms with E-state index < -0.39 is 0 Å². The molecule has 1 aromatic heterocycles. The van der Waals surface area contributed by atoms with Crippen molar-refractivity contribution in [2.45, 2.75) is 6.42 Å². The van der Waals surface area contributed by atoms with Gasteiger partial charge in [0.05, 0.1) is 5.92 Å². The molecule has 2 saturated heterocycles. The van der Waals surface area contributed by atoms with Gasteiger partial charge in [-0.1, -0.05) is 18.2 Å². The lowest BCUT2D eigenvalue weighted by Crippen LogP contribution is -2.52. The molecule has 6 nitrogen and oxygen atoms in total. The molecular weight excluding hydrogens is 340 g/mol. The molecule has 4 rings (SSSR count). The number of nitrogens with one attached hydrogen (secondary N) is 2. The van der Waals surface area contributed by atoms with Crippen LogP contribution in [0.25, 0.3) is 10.9 Å². The first-order valence-electron chi connectivity index (χ1n) is 8.59. The number of H-pyrrole nitrogens is 1. The third-order valence-corrected chi connectivity index (χ3v) is 5.05. The van der Waals surface area contributed by atoms with Crippen LogP contribution >= 0.6 is 12.4 Å². The third kappa shape index (κ3) is 3.50. The van der Waals surface area contributed by atoms with Crippen LogP contribution in [0.4, 0.5) is 0 Å². The Morgan fingerprint density at radius 1 is 1.04 bits per heavy atom. The molecule has 0 bridgehead atoms. The van der Waals surface area contributed by atoms with Gasteiger partial charge >= 0.3 is 0 Å². The summed E-state index contributed by atoms with van der Waals surface area (Å²) in [6, 6.07) is 9.79. The van der Waals surface area contributed by atoms with Crippen LogP contribution in [-0.4, -0.2) is 65.9 Å². The maximum absolute atomic E-state index is 12.7. The summed E-state index contributed by atoms with van der Waals surface area (Å²) >= 11 is 0. The summed E-state index contributed by atoms with van der Waals surface area (Å²) in [6.07, 6.45) is 0.924. The highest BCUT2D eigenvalue weighted by molar-refractivity contribution is 5.98. The Morgan fingerprint density at radius 3 is 2.44 bits per heavy atom. The summed E-state index contributed by atoms with van der Waals surface area (Å²) in [4.78, 5) is 32.1. The maximum Gasteiger partial charge on any atom is 0.270 e. The standard InChI is InChI=1S/C18H22N4O2.ClH/c23-17(14-5-6-19-12-14)21-7-9-22(10-8-21)18(24)16-11-13-3-1-2-4-15(13)20-16;/h1-4,11,14,19-20H,5-10,12H2;1H. The molecule has 25 heavy (non-hydrogen) atoms. The number of halogens is 1. The van der Waals surface area contributed by atoms with E-state index in [1.165, 1.54) is 0 Å². The van der Waals surface area contributed by atoms with Crippen LogP contribution in [0, 0.1) is 5.92 Å². The second kappa shape index (κ2) is 7.45. The van der Waals surface area contributed by atoms with Crippen molar-refractivity contribution in [3.05, 3.63) is 36.0 Å². The zero-order valence-corrected chi connectivity index (χ0v) is 14.8. The largest absolute Gasteiger partial charge is 0.351 e. The van der Waals surface area contributed by atoms with Gasteiger partial charge in [0.1, 0.15) is 5.69 Å². The Hall–Kier alpha value is -2.05. The van der Waals surface area contributed by atoms with Crippen molar-refractivity contribution in [3.63, 3.8) is 0 Å². The van der Waals surface area contributed by atoms with E-state index in [-0.39, 0.29) is 30.1 Å². The number of hydrogen-bond donors (Lipinski definition) is 2. The topological polar surface area (TPSA) is 68.4 Å². The first-order valence-corrected chi connectivity index (χ1v) is 8.59.